The van der Waals surface area contributed by atoms with E-state index >= 15 is 0 Å². The van der Waals surface area contributed by atoms with Crippen LogP contribution in [0.1, 0.15) is 12.5 Å². The third-order valence-electron chi connectivity index (χ3n) is 2.55. The number of carboxylic acid groups (broad SMARTS) is 1. The molecule has 0 amide bonds. The lowest BCUT2D eigenvalue weighted by molar-refractivity contribution is -0.163. The molecule has 0 radical (unpaired) electrons. The van der Waals surface area contributed by atoms with Crippen molar-refractivity contribution in [1.29, 1.82) is 0 Å². The summed E-state index contributed by atoms with van der Waals surface area (Å²) in [5.74, 6) is -1.82. The summed E-state index contributed by atoms with van der Waals surface area (Å²) in [6, 6.07) is 8.34. The van der Waals surface area contributed by atoms with Crippen LogP contribution in [0.5, 0.6) is 0 Å². The van der Waals surface area contributed by atoms with Gasteiger partial charge in [0.05, 0.1) is 0 Å². The molecule has 80 valence electrons. The molecule has 0 spiro atoms. The van der Waals surface area contributed by atoms with Crippen LogP contribution >= 0.6 is 0 Å². The SMILES string of the molecule is C=C[C@@H](C)[C@@](O)(C(=O)O)c1ccccc1. The lowest BCUT2D eigenvalue weighted by atomic mass is 9.82. The minimum Gasteiger partial charge on any atom is -0.479 e. The van der Waals surface area contributed by atoms with E-state index in [0.717, 1.165) is 0 Å². The first-order valence-corrected chi connectivity index (χ1v) is 4.67. The first-order chi connectivity index (χ1) is 7.03. The second-order valence-corrected chi connectivity index (χ2v) is 3.46. The highest BCUT2D eigenvalue weighted by molar-refractivity contribution is 5.79. The van der Waals surface area contributed by atoms with Crippen LogP contribution in [0.2, 0.25) is 0 Å². The lowest BCUT2D eigenvalue weighted by Crippen LogP contribution is -2.41. The second-order valence-electron chi connectivity index (χ2n) is 3.46. The Morgan fingerprint density at radius 2 is 2.00 bits per heavy atom. The van der Waals surface area contributed by atoms with Crippen LogP contribution in [0.3, 0.4) is 0 Å². The maximum atomic E-state index is 11.1. The number of aliphatic hydroxyl groups is 1. The topological polar surface area (TPSA) is 57.5 Å². The molecule has 15 heavy (non-hydrogen) atoms. The third-order valence-corrected chi connectivity index (χ3v) is 2.55. The van der Waals surface area contributed by atoms with Crippen LogP contribution in [0, 0.1) is 5.92 Å². The molecule has 1 rings (SSSR count). The van der Waals surface area contributed by atoms with Gasteiger partial charge in [0, 0.05) is 5.92 Å². The zero-order chi connectivity index (χ0) is 11.5. The van der Waals surface area contributed by atoms with Crippen molar-refractivity contribution >= 4 is 5.97 Å². The largest absolute Gasteiger partial charge is 0.479 e. The number of benzene rings is 1. The Bertz CT molecular complexity index is 358. The summed E-state index contributed by atoms with van der Waals surface area (Å²) < 4.78 is 0. The van der Waals surface area contributed by atoms with E-state index in [1.165, 1.54) is 6.08 Å². The van der Waals surface area contributed by atoms with Crippen LogP contribution in [-0.4, -0.2) is 16.2 Å². The molecule has 0 aliphatic heterocycles. The molecule has 0 aliphatic rings. The molecule has 0 aliphatic carbocycles. The number of hydrogen-bond acceptors (Lipinski definition) is 2. The Morgan fingerprint density at radius 1 is 1.47 bits per heavy atom. The predicted molar refractivity (Wildman–Crippen MR) is 57.3 cm³/mol. The summed E-state index contributed by atoms with van der Waals surface area (Å²) in [5.41, 5.74) is -1.53. The van der Waals surface area contributed by atoms with Crippen LogP contribution in [0.15, 0.2) is 43.0 Å². The average Bonchev–Trinajstić information content (AvgIpc) is 2.27. The van der Waals surface area contributed by atoms with Crippen molar-refractivity contribution in [2.24, 2.45) is 5.92 Å². The molecule has 3 heteroatoms. The van der Waals surface area contributed by atoms with Gasteiger partial charge >= 0.3 is 5.97 Å². The fraction of sp³-hybridized carbons (Fsp3) is 0.250. The molecule has 0 saturated heterocycles. The van der Waals surface area contributed by atoms with Gasteiger partial charge in [0.25, 0.3) is 0 Å². The third kappa shape index (κ3) is 1.92. The minimum absolute atomic E-state index is 0.366. The van der Waals surface area contributed by atoms with E-state index in [9.17, 15) is 9.90 Å². The first kappa shape index (κ1) is 11.5. The predicted octanol–water partition coefficient (Wildman–Crippen LogP) is 1.78. The molecule has 2 N–H and O–H groups in total. The van der Waals surface area contributed by atoms with E-state index in [4.69, 9.17) is 5.11 Å². The number of rotatable bonds is 4. The van der Waals surface area contributed by atoms with E-state index in [1.54, 1.807) is 37.3 Å². The Kier molecular flexibility index (Phi) is 3.27. The Hall–Kier alpha value is -1.61. The van der Waals surface area contributed by atoms with Gasteiger partial charge in [-0.1, -0.05) is 43.3 Å². The standard InChI is InChI=1S/C12H14O3/c1-3-9(2)12(15,11(13)14)10-7-5-4-6-8-10/h3-9,15H,1H2,2H3,(H,13,14)/t9-,12+/m1/s1. The van der Waals surface area contributed by atoms with Crippen molar-refractivity contribution in [2.45, 2.75) is 12.5 Å². The highest BCUT2D eigenvalue weighted by atomic mass is 16.4. The summed E-state index contributed by atoms with van der Waals surface area (Å²) in [4.78, 5) is 11.1. The molecule has 1 aromatic carbocycles. The van der Waals surface area contributed by atoms with Crippen molar-refractivity contribution in [3.8, 4) is 0 Å². The van der Waals surface area contributed by atoms with Gasteiger partial charge in [-0.05, 0) is 5.56 Å². The van der Waals surface area contributed by atoms with Gasteiger partial charge in [-0.25, -0.2) is 4.79 Å². The molecule has 0 heterocycles. The normalized spacial score (nSPS) is 16.4. The zero-order valence-electron chi connectivity index (χ0n) is 8.55. The molecule has 0 aromatic heterocycles. The van der Waals surface area contributed by atoms with Gasteiger partial charge < -0.3 is 10.2 Å². The van der Waals surface area contributed by atoms with Gasteiger partial charge in [0.15, 0.2) is 5.60 Å². The summed E-state index contributed by atoms with van der Waals surface area (Å²) in [5, 5.41) is 19.2. The monoisotopic (exact) mass is 206 g/mol. The number of carboxylic acids is 1. The van der Waals surface area contributed by atoms with Crippen LogP contribution < -0.4 is 0 Å². The van der Waals surface area contributed by atoms with E-state index in [0.29, 0.717) is 5.56 Å². The van der Waals surface area contributed by atoms with Crippen molar-refractivity contribution in [3.05, 3.63) is 48.6 Å². The molecule has 1 aromatic rings. The number of aliphatic carboxylic acids is 1. The average molecular weight is 206 g/mol. The Morgan fingerprint density at radius 3 is 2.40 bits per heavy atom. The second kappa shape index (κ2) is 4.28. The van der Waals surface area contributed by atoms with E-state index in [1.807, 2.05) is 0 Å². The maximum absolute atomic E-state index is 11.1. The van der Waals surface area contributed by atoms with Gasteiger partial charge in [-0.15, -0.1) is 6.58 Å². The fourth-order valence-electron chi connectivity index (χ4n) is 1.44. The minimum atomic E-state index is -1.90. The molecule has 0 bridgehead atoms. The molecule has 0 saturated carbocycles. The van der Waals surface area contributed by atoms with E-state index in [2.05, 4.69) is 6.58 Å². The molecule has 0 unspecified atom stereocenters. The van der Waals surface area contributed by atoms with Crippen molar-refractivity contribution in [1.82, 2.24) is 0 Å². The maximum Gasteiger partial charge on any atom is 0.341 e. The molecule has 0 fully saturated rings. The van der Waals surface area contributed by atoms with Crippen molar-refractivity contribution < 1.29 is 15.0 Å². The molecular weight excluding hydrogens is 192 g/mol. The van der Waals surface area contributed by atoms with Gasteiger partial charge in [0.1, 0.15) is 0 Å². The Labute approximate surface area is 88.7 Å². The van der Waals surface area contributed by atoms with Gasteiger partial charge in [0.2, 0.25) is 0 Å². The molecule has 3 nitrogen and oxygen atoms in total. The summed E-state index contributed by atoms with van der Waals surface area (Å²) in [6.45, 7) is 5.13. The van der Waals surface area contributed by atoms with Crippen LogP contribution in [0.4, 0.5) is 0 Å². The fourth-order valence-corrected chi connectivity index (χ4v) is 1.44. The Balaban J connectivity index is 3.24. The highest BCUT2D eigenvalue weighted by Crippen LogP contribution is 2.30. The summed E-state index contributed by atoms with van der Waals surface area (Å²) >= 11 is 0. The van der Waals surface area contributed by atoms with Crippen molar-refractivity contribution in [2.75, 3.05) is 0 Å². The van der Waals surface area contributed by atoms with Gasteiger partial charge in [-0.3, -0.25) is 0 Å². The number of hydrogen-bond donors (Lipinski definition) is 2. The quantitative estimate of drug-likeness (QED) is 0.738. The summed E-state index contributed by atoms with van der Waals surface area (Å²) in [7, 11) is 0. The molecule has 2 atom stereocenters. The first-order valence-electron chi connectivity index (χ1n) is 4.67. The van der Waals surface area contributed by atoms with E-state index in [-0.39, 0.29) is 0 Å². The van der Waals surface area contributed by atoms with Crippen molar-refractivity contribution in [3.63, 3.8) is 0 Å². The number of carbonyl (C=O) groups is 1. The lowest BCUT2D eigenvalue weighted by Gasteiger charge is -2.28. The van der Waals surface area contributed by atoms with Gasteiger partial charge in [-0.2, -0.15) is 0 Å². The smallest absolute Gasteiger partial charge is 0.341 e. The van der Waals surface area contributed by atoms with Crippen LogP contribution in [0.25, 0.3) is 0 Å². The highest BCUT2D eigenvalue weighted by Gasteiger charge is 2.42. The van der Waals surface area contributed by atoms with Crippen LogP contribution in [-0.2, 0) is 10.4 Å². The summed E-state index contributed by atoms with van der Waals surface area (Å²) in [6.07, 6.45) is 1.43. The van der Waals surface area contributed by atoms with E-state index < -0.39 is 17.5 Å². The molecular formula is C12H14O3. The zero-order valence-corrected chi connectivity index (χ0v) is 8.55.